The molecule has 0 fully saturated rings. The quantitative estimate of drug-likeness (QED) is 0.786. The van der Waals surface area contributed by atoms with Crippen molar-refractivity contribution < 1.29 is 15.0 Å². The summed E-state index contributed by atoms with van der Waals surface area (Å²) in [5.41, 5.74) is 0.846. The molecule has 3 N–H and O–H groups in total. The first-order valence-electron chi connectivity index (χ1n) is 5.64. The molecule has 0 spiro atoms. The topological polar surface area (TPSA) is 69.6 Å². The number of nitrogens with one attached hydrogen (secondary N) is 1. The number of amides is 1. The van der Waals surface area contributed by atoms with Crippen molar-refractivity contribution in [1.29, 1.82) is 0 Å². The summed E-state index contributed by atoms with van der Waals surface area (Å²) < 4.78 is 0. The maximum absolute atomic E-state index is 12.0. The predicted octanol–water partition coefficient (Wildman–Crippen LogP) is 1.85. The van der Waals surface area contributed by atoms with Gasteiger partial charge in [-0.05, 0) is 32.4 Å². The number of benzene rings is 1. The van der Waals surface area contributed by atoms with Crippen molar-refractivity contribution in [3.63, 3.8) is 0 Å². The van der Waals surface area contributed by atoms with Gasteiger partial charge in [-0.3, -0.25) is 4.79 Å². The van der Waals surface area contributed by atoms with Gasteiger partial charge in [0.15, 0.2) is 0 Å². The summed E-state index contributed by atoms with van der Waals surface area (Å²) in [6.45, 7) is 5.07. The van der Waals surface area contributed by atoms with Gasteiger partial charge in [-0.15, -0.1) is 0 Å². The molecule has 5 heteroatoms. The van der Waals surface area contributed by atoms with E-state index in [2.05, 4.69) is 5.32 Å². The fourth-order valence-electron chi connectivity index (χ4n) is 1.56. The van der Waals surface area contributed by atoms with E-state index in [1.807, 2.05) is 20.8 Å². The van der Waals surface area contributed by atoms with Gasteiger partial charge in [-0.2, -0.15) is 0 Å². The summed E-state index contributed by atoms with van der Waals surface area (Å²) in [5.74, 6) is -0.299. The van der Waals surface area contributed by atoms with E-state index in [1.165, 1.54) is 0 Å². The number of hydrogen-bond donors (Lipinski definition) is 3. The molecular weight excluding hydrogens is 254 g/mol. The molecule has 0 bridgehead atoms. The van der Waals surface area contributed by atoms with Crippen molar-refractivity contribution in [2.24, 2.45) is 0 Å². The Labute approximate surface area is 112 Å². The normalized spacial score (nSPS) is 11.4. The molecular formula is C13H18ClNO3. The molecule has 18 heavy (non-hydrogen) atoms. The lowest BCUT2D eigenvalue weighted by Gasteiger charge is -2.21. The van der Waals surface area contributed by atoms with E-state index in [4.69, 9.17) is 16.7 Å². The Morgan fingerprint density at radius 2 is 1.89 bits per heavy atom. The lowest BCUT2D eigenvalue weighted by Crippen LogP contribution is -2.40. The standard InChI is InChI=1S/C13H18ClNO3/c1-13(2,3)15-12(18)9-5-4-8(6-16)10(7-17)11(9)14/h4-5,16-17H,6-7H2,1-3H3,(H,15,18). The molecule has 0 saturated heterocycles. The Morgan fingerprint density at radius 3 is 2.33 bits per heavy atom. The Hall–Kier alpha value is -1.10. The van der Waals surface area contributed by atoms with Crippen LogP contribution in [0.15, 0.2) is 12.1 Å². The third kappa shape index (κ3) is 3.45. The third-order valence-corrected chi connectivity index (χ3v) is 2.83. The minimum atomic E-state index is -0.366. The second-order valence-electron chi connectivity index (χ2n) is 5.09. The lowest BCUT2D eigenvalue weighted by molar-refractivity contribution is 0.0919. The fourth-order valence-corrected chi connectivity index (χ4v) is 1.89. The first-order valence-corrected chi connectivity index (χ1v) is 6.02. The van der Waals surface area contributed by atoms with E-state index in [1.54, 1.807) is 12.1 Å². The van der Waals surface area contributed by atoms with Crippen LogP contribution in [0.5, 0.6) is 0 Å². The molecule has 0 aromatic heterocycles. The fraction of sp³-hybridized carbons (Fsp3) is 0.462. The van der Waals surface area contributed by atoms with Crippen LogP contribution >= 0.6 is 11.6 Å². The molecule has 0 radical (unpaired) electrons. The zero-order valence-electron chi connectivity index (χ0n) is 10.7. The van der Waals surface area contributed by atoms with Crippen LogP contribution in [0.25, 0.3) is 0 Å². The van der Waals surface area contributed by atoms with Crippen molar-refractivity contribution in [2.45, 2.75) is 39.5 Å². The lowest BCUT2D eigenvalue weighted by atomic mass is 10.0. The first-order chi connectivity index (χ1) is 8.30. The molecule has 100 valence electrons. The zero-order valence-corrected chi connectivity index (χ0v) is 11.5. The van der Waals surface area contributed by atoms with Crippen LogP contribution in [-0.4, -0.2) is 21.7 Å². The van der Waals surface area contributed by atoms with Crippen LogP contribution in [-0.2, 0) is 13.2 Å². The molecule has 1 aromatic carbocycles. The van der Waals surface area contributed by atoms with E-state index in [0.717, 1.165) is 0 Å². The summed E-state index contributed by atoms with van der Waals surface area (Å²) in [5, 5.41) is 21.3. The highest BCUT2D eigenvalue weighted by Crippen LogP contribution is 2.25. The number of rotatable bonds is 3. The number of halogens is 1. The number of aliphatic hydroxyl groups excluding tert-OH is 2. The van der Waals surface area contributed by atoms with E-state index in [0.29, 0.717) is 16.7 Å². The molecule has 0 saturated carbocycles. The van der Waals surface area contributed by atoms with Crippen molar-refractivity contribution in [3.8, 4) is 0 Å². The van der Waals surface area contributed by atoms with Gasteiger partial charge in [0.05, 0.1) is 23.8 Å². The number of hydrogen-bond acceptors (Lipinski definition) is 3. The Morgan fingerprint density at radius 1 is 1.28 bits per heavy atom. The highest BCUT2D eigenvalue weighted by atomic mass is 35.5. The molecule has 0 aliphatic rings. The Bertz CT molecular complexity index is 452. The largest absolute Gasteiger partial charge is 0.392 e. The van der Waals surface area contributed by atoms with Gasteiger partial charge in [0, 0.05) is 11.1 Å². The predicted molar refractivity (Wildman–Crippen MR) is 70.5 cm³/mol. The summed E-state index contributed by atoms with van der Waals surface area (Å²) in [4.78, 5) is 12.0. The SMILES string of the molecule is CC(C)(C)NC(=O)c1ccc(CO)c(CO)c1Cl. The monoisotopic (exact) mass is 271 g/mol. The van der Waals surface area contributed by atoms with Gasteiger partial charge >= 0.3 is 0 Å². The number of carbonyl (C=O) groups is 1. The average molecular weight is 272 g/mol. The summed E-state index contributed by atoms with van der Waals surface area (Å²) >= 11 is 6.08. The van der Waals surface area contributed by atoms with E-state index >= 15 is 0 Å². The molecule has 0 aliphatic heterocycles. The zero-order chi connectivity index (χ0) is 13.9. The summed E-state index contributed by atoms with van der Waals surface area (Å²) in [6, 6.07) is 3.14. The maximum atomic E-state index is 12.0. The molecule has 0 aliphatic carbocycles. The van der Waals surface area contributed by atoms with Gasteiger partial charge in [0.2, 0.25) is 0 Å². The smallest absolute Gasteiger partial charge is 0.253 e. The van der Waals surface area contributed by atoms with Crippen LogP contribution < -0.4 is 5.32 Å². The highest BCUT2D eigenvalue weighted by Gasteiger charge is 2.20. The number of aliphatic hydroxyl groups is 2. The minimum Gasteiger partial charge on any atom is -0.392 e. The molecule has 0 unspecified atom stereocenters. The van der Waals surface area contributed by atoms with Gasteiger partial charge in [0.1, 0.15) is 0 Å². The third-order valence-electron chi connectivity index (χ3n) is 2.40. The summed E-state index contributed by atoms with van der Waals surface area (Å²) in [6.07, 6.45) is 0. The Kier molecular flexibility index (Phi) is 4.73. The molecule has 4 nitrogen and oxygen atoms in total. The van der Waals surface area contributed by atoms with Crippen LogP contribution in [0.3, 0.4) is 0 Å². The molecule has 1 amide bonds. The first kappa shape index (κ1) is 15.0. The molecule has 0 heterocycles. The Balaban J connectivity index is 3.15. The van der Waals surface area contributed by atoms with Gasteiger partial charge in [-0.1, -0.05) is 17.7 Å². The van der Waals surface area contributed by atoms with Crippen molar-refractivity contribution in [1.82, 2.24) is 5.32 Å². The molecule has 0 atom stereocenters. The van der Waals surface area contributed by atoms with Gasteiger partial charge in [-0.25, -0.2) is 0 Å². The number of carbonyl (C=O) groups excluding carboxylic acids is 1. The average Bonchev–Trinajstić information content (AvgIpc) is 2.25. The van der Waals surface area contributed by atoms with Crippen LogP contribution in [0.2, 0.25) is 5.02 Å². The minimum absolute atomic E-state index is 0.186. The van der Waals surface area contributed by atoms with Crippen LogP contribution in [0.1, 0.15) is 42.3 Å². The summed E-state index contributed by atoms with van der Waals surface area (Å²) in [7, 11) is 0. The van der Waals surface area contributed by atoms with Crippen LogP contribution in [0.4, 0.5) is 0 Å². The van der Waals surface area contributed by atoms with E-state index in [9.17, 15) is 9.90 Å². The van der Waals surface area contributed by atoms with Crippen molar-refractivity contribution >= 4 is 17.5 Å². The van der Waals surface area contributed by atoms with Crippen molar-refractivity contribution in [3.05, 3.63) is 33.8 Å². The molecule has 1 aromatic rings. The van der Waals surface area contributed by atoms with E-state index in [-0.39, 0.29) is 29.7 Å². The van der Waals surface area contributed by atoms with Crippen molar-refractivity contribution in [2.75, 3.05) is 0 Å². The highest BCUT2D eigenvalue weighted by molar-refractivity contribution is 6.34. The van der Waals surface area contributed by atoms with Crippen LogP contribution in [0, 0.1) is 0 Å². The van der Waals surface area contributed by atoms with E-state index < -0.39 is 0 Å². The molecule has 1 rings (SSSR count). The second-order valence-corrected chi connectivity index (χ2v) is 5.46. The van der Waals surface area contributed by atoms with Gasteiger partial charge < -0.3 is 15.5 Å². The maximum Gasteiger partial charge on any atom is 0.253 e. The van der Waals surface area contributed by atoms with Gasteiger partial charge in [0.25, 0.3) is 5.91 Å². The second kappa shape index (κ2) is 5.69.